The lowest BCUT2D eigenvalue weighted by molar-refractivity contribution is -0.143. The third-order valence-corrected chi connectivity index (χ3v) is 3.69. The molecule has 1 aromatic heterocycles. The molecule has 0 radical (unpaired) electrons. The molecule has 2 heterocycles. The SMILES string of the molecule is CCO[C@H](C)C(=O)N1CCC(c2ccnc(N)n2)CC1. The van der Waals surface area contributed by atoms with Crippen molar-refractivity contribution in [3.63, 3.8) is 0 Å². The van der Waals surface area contributed by atoms with Crippen LogP contribution in [0.3, 0.4) is 0 Å². The summed E-state index contributed by atoms with van der Waals surface area (Å²) < 4.78 is 5.36. The van der Waals surface area contributed by atoms with Crippen LogP contribution in [0.4, 0.5) is 5.95 Å². The number of nitrogens with zero attached hydrogens (tertiary/aromatic N) is 3. The van der Waals surface area contributed by atoms with Crippen LogP contribution < -0.4 is 5.73 Å². The van der Waals surface area contributed by atoms with E-state index in [2.05, 4.69) is 9.97 Å². The number of aromatic nitrogens is 2. The van der Waals surface area contributed by atoms with E-state index in [-0.39, 0.29) is 12.0 Å². The molecule has 1 fully saturated rings. The van der Waals surface area contributed by atoms with Gasteiger partial charge in [0.25, 0.3) is 5.91 Å². The fraction of sp³-hybridized carbons (Fsp3) is 0.643. The van der Waals surface area contributed by atoms with Gasteiger partial charge in [0.1, 0.15) is 6.10 Å². The highest BCUT2D eigenvalue weighted by Crippen LogP contribution is 2.27. The molecule has 0 bridgehead atoms. The summed E-state index contributed by atoms with van der Waals surface area (Å²) in [7, 11) is 0. The Morgan fingerprint density at radius 2 is 2.25 bits per heavy atom. The van der Waals surface area contributed by atoms with Crippen molar-refractivity contribution in [2.24, 2.45) is 0 Å². The van der Waals surface area contributed by atoms with Crippen molar-refractivity contribution >= 4 is 11.9 Å². The molecule has 0 saturated carbocycles. The van der Waals surface area contributed by atoms with Gasteiger partial charge in [-0.15, -0.1) is 0 Å². The predicted molar refractivity (Wildman–Crippen MR) is 76.1 cm³/mol. The number of carbonyl (C=O) groups excluding carboxylic acids is 1. The van der Waals surface area contributed by atoms with Crippen molar-refractivity contribution < 1.29 is 9.53 Å². The zero-order valence-electron chi connectivity index (χ0n) is 12.1. The van der Waals surface area contributed by atoms with E-state index in [1.165, 1.54) is 0 Å². The highest BCUT2D eigenvalue weighted by molar-refractivity contribution is 5.80. The van der Waals surface area contributed by atoms with Crippen LogP contribution in [0.2, 0.25) is 0 Å². The van der Waals surface area contributed by atoms with E-state index in [0.29, 0.717) is 18.5 Å². The number of carbonyl (C=O) groups is 1. The molecule has 1 aliphatic rings. The minimum absolute atomic E-state index is 0.0764. The van der Waals surface area contributed by atoms with Crippen LogP contribution in [0.5, 0.6) is 0 Å². The molecule has 0 aliphatic carbocycles. The Morgan fingerprint density at radius 1 is 1.55 bits per heavy atom. The largest absolute Gasteiger partial charge is 0.369 e. The minimum atomic E-state index is -0.355. The summed E-state index contributed by atoms with van der Waals surface area (Å²) in [6, 6.07) is 1.90. The molecular weight excluding hydrogens is 256 g/mol. The number of hydrogen-bond acceptors (Lipinski definition) is 5. The van der Waals surface area contributed by atoms with Crippen molar-refractivity contribution in [3.8, 4) is 0 Å². The number of nitrogen functional groups attached to an aromatic ring is 1. The van der Waals surface area contributed by atoms with Gasteiger partial charge in [-0.1, -0.05) is 0 Å². The molecule has 1 amide bonds. The molecule has 1 aliphatic heterocycles. The van der Waals surface area contributed by atoms with Crippen LogP contribution in [0.1, 0.15) is 38.3 Å². The van der Waals surface area contributed by atoms with Gasteiger partial charge in [-0.2, -0.15) is 0 Å². The molecular formula is C14H22N4O2. The Morgan fingerprint density at radius 3 is 2.85 bits per heavy atom. The number of amides is 1. The zero-order valence-corrected chi connectivity index (χ0v) is 12.1. The van der Waals surface area contributed by atoms with Gasteiger partial charge < -0.3 is 15.4 Å². The molecule has 0 unspecified atom stereocenters. The smallest absolute Gasteiger partial charge is 0.251 e. The van der Waals surface area contributed by atoms with E-state index in [4.69, 9.17) is 10.5 Å². The van der Waals surface area contributed by atoms with Crippen LogP contribution in [0.15, 0.2) is 12.3 Å². The highest BCUT2D eigenvalue weighted by Gasteiger charge is 2.27. The van der Waals surface area contributed by atoms with Crippen LogP contribution in [-0.4, -0.2) is 46.6 Å². The fourth-order valence-corrected chi connectivity index (χ4v) is 2.59. The number of anilines is 1. The third-order valence-electron chi connectivity index (χ3n) is 3.69. The Balaban J connectivity index is 1.91. The predicted octanol–water partition coefficient (Wildman–Crippen LogP) is 1.19. The van der Waals surface area contributed by atoms with Gasteiger partial charge in [0.15, 0.2) is 0 Å². The third kappa shape index (κ3) is 3.45. The molecule has 6 nitrogen and oxygen atoms in total. The lowest BCUT2D eigenvalue weighted by Crippen LogP contribution is -2.43. The molecule has 20 heavy (non-hydrogen) atoms. The fourth-order valence-electron chi connectivity index (χ4n) is 2.59. The Kier molecular flexibility index (Phi) is 4.89. The Bertz CT molecular complexity index is 458. The second kappa shape index (κ2) is 6.65. The topological polar surface area (TPSA) is 81.3 Å². The van der Waals surface area contributed by atoms with Gasteiger partial charge in [0.2, 0.25) is 5.95 Å². The molecule has 2 rings (SSSR count). The van der Waals surface area contributed by atoms with E-state index in [9.17, 15) is 4.79 Å². The number of ether oxygens (including phenoxy) is 1. The number of likely N-dealkylation sites (tertiary alicyclic amines) is 1. The summed E-state index contributed by atoms with van der Waals surface area (Å²) in [6.45, 7) is 5.75. The summed E-state index contributed by atoms with van der Waals surface area (Å²) >= 11 is 0. The molecule has 1 aromatic rings. The second-order valence-corrected chi connectivity index (χ2v) is 5.04. The van der Waals surface area contributed by atoms with Gasteiger partial charge in [-0.05, 0) is 32.8 Å². The summed E-state index contributed by atoms with van der Waals surface area (Å²) in [5.41, 5.74) is 6.59. The molecule has 0 spiro atoms. The number of rotatable bonds is 4. The van der Waals surface area contributed by atoms with Crippen molar-refractivity contribution in [2.45, 2.75) is 38.7 Å². The second-order valence-electron chi connectivity index (χ2n) is 5.04. The molecule has 0 aromatic carbocycles. The normalized spacial score (nSPS) is 18.0. The van der Waals surface area contributed by atoms with E-state index in [1.54, 1.807) is 6.20 Å². The Labute approximate surface area is 119 Å². The molecule has 2 N–H and O–H groups in total. The number of nitrogens with two attached hydrogens (primary N) is 1. The summed E-state index contributed by atoms with van der Waals surface area (Å²) in [5, 5.41) is 0. The summed E-state index contributed by atoms with van der Waals surface area (Å²) in [5.74, 6) is 0.741. The van der Waals surface area contributed by atoms with E-state index in [1.807, 2.05) is 24.8 Å². The molecule has 6 heteroatoms. The number of hydrogen-bond donors (Lipinski definition) is 1. The van der Waals surface area contributed by atoms with E-state index in [0.717, 1.165) is 31.6 Å². The van der Waals surface area contributed by atoms with Crippen LogP contribution in [-0.2, 0) is 9.53 Å². The first-order chi connectivity index (χ1) is 9.61. The average Bonchev–Trinajstić information content (AvgIpc) is 2.47. The van der Waals surface area contributed by atoms with Crippen molar-refractivity contribution in [2.75, 3.05) is 25.4 Å². The minimum Gasteiger partial charge on any atom is -0.369 e. The molecule has 1 saturated heterocycles. The van der Waals surface area contributed by atoms with Crippen LogP contribution in [0, 0.1) is 0 Å². The average molecular weight is 278 g/mol. The van der Waals surface area contributed by atoms with Crippen molar-refractivity contribution in [3.05, 3.63) is 18.0 Å². The first-order valence-corrected chi connectivity index (χ1v) is 7.10. The highest BCUT2D eigenvalue weighted by atomic mass is 16.5. The zero-order chi connectivity index (χ0) is 14.5. The van der Waals surface area contributed by atoms with Crippen LogP contribution >= 0.6 is 0 Å². The van der Waals surface area contributed by atoms with Gasteiger partial charge in [0, 0.05) is 37.5 Å². The van der Waals surface area contributed by atoms with Crippen molar-refractivity contribution in [1.29, 1.82) is 0 Å². The first kappa shape index (κ1) is 14.7. The van der Waals surface area contributed by atoms with E-state index >= 15 is 0 Å². The standard InChI is InChI=1S/C14H22N4O2/c1-3-20-10(2)13(19)18-8-5-11(6-9-18)12-4-7-16-14(15)17-12/h4,7,10-11H,3,5-6,8-9H2,1-2H3,(H2,15,16,17)/t10-/m1/s1. The molecule has 1 atom stereocenters. The van der Waals surface area contributed by atoms with Crippen molar-refractivity contribution in [1.82, 2.24) is 14.9 Å². The summed E-state index contributed by atoms with van der Waals surface area (Å²) in [6.07, 6.45) is 3.14. The van der Waals surface area contributed by atoms with Gasteiger partial charge in [-0.25, -0.2) is 9.97 Å². The van der Waals surface area contributed by atoms with Gasteiger partial charge in [-0.3, -0.25) is 4.79 Å². The maximum absolute atomic E-state index is 12.1. The quantitative estimate of drug-likeness (QED) is 0.894. The number of piperidine rings is 1. The van der Waals surface area contributed by atoms with Crippen LogP contribution in [0.25, 0.3) is 0 Å². The Hall–Kier alpha value is -1.69. The monoisotopic (exact) mass is 278 g/mol. The van der Waals surface area contributed by atoms with Gasteiger partial charge in [0.05, 0.1) is 0 Å². The summed E-state index contributed by atoms with van der Waals surface area (Å²) in [4.78, 5) is 22.2. The maximum Gasteiger partial charge on any atom is 0.251 e. The lowest BCUT2D eigenvalue weighted by atomic mass is 9.93. The first-order valence-electron chi connectivity index (χ1n) is 7.10. The lowest BCUT2D eigenvalue weighted by Gasteiger charge is -2.33. The van der Waals surface area contributed by atoms with E-state index < -0.39 is 0 Å². The van der Waals surface area contributed by atoms with Gasteiger partial charge >= 0.3 is 0 Å². The molecule has 110 valence electrons. The maximum atomic E-state index is 12.1.